The highest BCUT2D eigenvalue weighted by molar-refractivity contribution is 6.30. The molecule has 3 nitrogen and oxygen atoms in total. The average Bonchev–Trinajstić information content (AvgIpc) is 2.36. The quantitative estimate of drug-likeness (QED) is 0.925. The first-order valence-electron chi connectivity index (χ1n) is 6.86. The molecule has 2 N–H and O–H groups in total. The van der Waals surface area contributed by atoms with E-state index in [1.165, 1.54) is 0 Å². The van der Waals surface area contributed by atoms with E-state index in [-0.39, 0.29) is 18.0 Å². The Bertz CT molecular complexity index is 450. The first kappa shape index (κ1) is 14.4. The van der Waals surface area contributed by atoms with Gasteiger partial charge in [0.25, 0.3) is 0 Å². The van der Waals surface area contributed by atoms with E-state index in [9.17, 15) is 4.79 Å². The van der Waals surface area contributed by atoms with Gasteiger partial charge in [-0.05, 0) is 43.9 Å². The smallest absolute Gasteiger partial charge is 0.223 e. The summed E-state index contributed by atoms with van der Waals surface area (Å²) < 4.78 is 0. The number of nitrogens with zero attached hydrogens (tertiary/aromatic N) is 1. The molecule has 1 aliphatic rings. The minimum atomic E-state index is 0.222. The van der Waals surface area contributed by atoms with E-state index in [2.05, 4.69) is 6.92 Å². The number of likely N-dealkylation sites (tertiary alicyclic amines) is 1. The highest BCUT2D eigenvalue weighted by atomic mass is 35.5. The molecule has 0 radical (unpaired) electrons. The predicted octanol–water partition coefficient (Wildman–Crippen LogP) is 2.61. The van der Waals surface area contributed by atoms with Crippen molar-refractivity contribution in [3.05, 3.63) is 34.9 Å². The number of hydrogen-bond donors (Lipinski definition) is 1. The van der Waals surface area contributed by atoms with Gasteiger partial charge in [0.2, 0.25) is 5.91 Å². The van der Waals surface area contributed by atoms with Crippen molar-refractivity contribution in [3.63, 3.8) is 0 Å². The SMILES string of the molecule is C[C@@H]1C[C@H](N)CCN1C(=O)CCc1cccc(Cl)c1. The van der Waals surface area contributed by atoms with E-state index in [1.807, 2.05) is 29.2 Å². The van der Waals surface area contributed by atoms with Crippen LogP contribution in [-0.2, 0) is 11.2 Å². The lowest BCUT2D eigenvalue weighted by molar-refractivity contribution is -0.134. The molecule has 0 bridgehead atoms. The zero-order valence-corrected chi connectivity index (χ0v) is 12.1. The van der Waals surface area contributed by atoms with Gasteiger partial charge in [0, 0.05) is 30.1 Å². The molecule has 0 unspecified atom stereocenters. The van der Waals surface area contributed by atoms with Gasteiger partial charge < -0.3 is 10.6 Å². The molecule has 2 atom stereocenters. The van der Waals surface area contributed by atoms with E-state index in [1.54, 1.807) is 0 Å². The average molecular weight is 281 g/mol. The van der Waals surface area contributed by atoms with Crippen LogP contribution in [0.3, 0.4) is 0 Å². The molecule has 1 aliphatic heterocycles. The van der Waals surface area contributed by atoms with Gasteiger partial charge in [-0.25, -0.2) is 0 Å². The van der Waals surface area contributed by atoms with E-state index in [0.717, 1.165) is 36.4 Å². The van der Waals surface area contributed by atoms with Crippen LogP contribution in [-0.4, -0.2) is 29.4 Å². The molecule has 1 aromatic rings. The number of piperidine rings is 1. The Morgan fingerprint density at radius 1 is 1.53 bits per heavy atom. The van der Waals surface area contributed by atoms with Crippen molar-refractivity contribution in [1.29, 1.82) is 0 Å². The number of carbonyl (C=O) groups is 1. The van der Waals surface area contributed by atoms with Gasteiger partial charge in [-0.1, -0.05) is 23.7 Å². The summed E-state index contributed by atoms with van der Waals surface area (Å²) in [5, 5.41) is 0.724. The van der Waals surface area contributed by atoms with Crippen molar-refractivity contribution in [3.8, 4) is 0 Å². The van der Waals surface area contributed by atoms with Crippen LogP contribution in [0.2, 0.25) is 5.02 Å². The van der Waals surface area contributed by atoms with Gasteiger partial charge in [0.1, 0.15) is 0 Å². The number of benzene rings is 1. The topological polar surface area (TPSA) is 46.3 Å². The monoisotopic (exact) mass is 280 g/mol. The molecule has 2 rings (SSSR count). The maximum Gasteiger partial charge on any atom is 0.223 e. The zero-order chi connectivity index (χ0) is 13.8. The second-order valence-corrected chi connectivity index (χ2v) is 5.79. The second-order valence-electron chi connectivity index (χ2n) is 5.35. The molecular formula is C15H21ClN2O. The fourth-order valence-electron chi connectivity index (χ4n) is 2.67. The van der Waals surface area contributed by atoms with E-state index in [0.29, 0.717) is 6.42 Å². The maximum absolute atomic E-state index is 12.2. The molecule has 0 aliphatic carbocycles. The molecule has 1 heterocycles. The first-order valence-corrected chi connectivity index (χ1v) is 7.23. The lowest BCUT2D eigenvalue weighted by Gasteiger charge is -2.36. The largest absolute Gasteiger partial charge is 0.340 e. The van der Waals surface area contributed by atoms with Gasteiger partial charge in [-0.2, -0.15) is 0 Å². The predicted molar refractivity (Wildman–Crippen MR) is 78.2 cm³/mol. The van der Waals surface area contributed by atoms with Crippen molar-refractivity contribution in [1.82, 2.24) is 4.90 Å². The molecule has 1 aromatic carbocycles. The third-order valence-corrected chi connectivity index (χ3v) is 3.99. The lowest BCUT2D eigenvalue weighted by Crippen LogP contribution is -2.48. The number of halogens is 1. The second kappa shape index (κ2) is 6.40. The van der Waals surface area contributed by atoms with Gasteiger partial charge in [0.05, 0.1) is 0 Å². The van der Waals surface area contributed by atoms with Crippen LogP contribution in [0.1, 0.15) is 31.7 Å². The third kappa shape index (κ3) is 3.95. The molecule has 0 spiro atoms. The van der Waals surface area contributed by atoms with Gasteiger partial charge >= 0.3 is 0 Å². The van der Waals surface area contributed by atoms with Crippen LogP contribution in [0.5, 0.6) is 0 Å². The van der Waals surface area contributed by atoms with Crippen molar-refractivity contribution >= 4 is 17.5 Å². The molecule has 19 heavy (non-hydrogen) atoms. The highest BCUT2D eigenvalue weighted by Gasteiger charge is 2.26. The summed E-state index contributed by atoms with van der Waals surface area (Å²) in [4.78, 5) is 14.2. The summed E-state index contributed by atoms with van der Waals surface area (Å²) in [6.07, 6.45) is 3.10. The number of rotatable bonds is 3. The Kier molecular flexibility index (Phi) is 4.83. The first-order chi connectivity index (χ1) is 9.06. The third-order valence-electron chi connectivity index (χ3n) is 3.75. The summed E-state index contributed by atoms with van der Waals surface area (Å²) in [5.74, 6) is 0.222. The van der Waals surface area contributed by atoms with Crippen molar-refractivity contribution in [2.24, 2.45) is 5.73 Å². The zero-order valence-electron chi connectivity index (χ0n) is 11.3. The standard InChI is InChI=1S/C15H21ClN2O/c1-11-9-14(17)7-8-18(11)15(19)6-5-12-3-2-4-13(16)10-12/h2-4,10-11,14H,5-9,17H2,1H3/t11-,14-/m1/s1. The minimum Gasteiger partial charge on any atom is -0.340 e. The van der Waals surface area contributed by atoms with Gasteiger partial charge in [0.15, 0.2) is 0 Å². The van der Waals surface area contributed by atoms with Crippen LogP contribution in [0.4, 0.5) is 0 Å². The van der Waals surface area contributed by atoms with Gasteiger partial charge in [-0.3, -0.25) is 4.79 Å². The summed E-state index contributed by atoms with van der Waals surface area (Å²) >= 11 is 5.94. The van der Waals surface area contributed by atoms with Crippen LogP contribution in [0.15, 0.2) is 24.3 Å². The van der Waals surface area contributed by atoms with E-state index < -0.39 is 0 Å². The highest BCUT2D eigenvalue weighted by Crippen LogP contribution is 2.18. The molecule has 1 saturated heterocycles. The summed E-state index contributed by atoms with van der Waals surface area (Å²) in [5.41, 5.74) is 7.03. The lowest BCUT2D eigenvalue weighted by atomic mass is 9.98. The van der Waals surface area contributed by atoms with Gasteiger partial charge in [-0.15, -0.1) is 0 Å². The Hall–Kier alpha value is -1.06. The molecule has 104 valence electrons. The summed E-state index contributed by atoms with van der Waals surface area (Å²) in [6.45, 7) is 2.87. The number of hydrogen-bond acceptors (Lipinski definition) is 2. The number of nitrogens with two attached hydrogens (primary N) is 1. The molecule has 1 fully saturated rings. The van der Waals surface area contributed by atoms with Crippen LogP contribution in [0, 0.1) is 0 Å². The molecule has 0 saturated carbocycles. The number of carbonyl (C=O) groups excluding carboxylic acids is 1. The Labute approximate surface area is 119 Å². The van der Waals surface area contributed by atoms with E-state index in [4.69, 9.17) is 17.3 Å². The van der Waals surface area contributed by atoms with Crippen LogP contribution in [0.25, 0.3) is 0 Å². The number of amides is 1. The summed E-state index contributed by atoms with van der Waals surface area (Å²) in [6, 6.07) is 8.20. The summed E-state index contributed by atoms with van der Waals surface area (Å²) in [7, 11) is 0. The maximum atomic E-state index is 12.2. The van der Waals surface area contributed by atoms with Crippen LogP contribution >= 0.6 is 11.6 Å². The molecular weight excluding hydrogens is 260 g/mol. The normalized spacial score (nSPS) is 23.4. The minimum absolute atomic E-state index is 0.222. The number of aryl methyl sites for hydroxylation is 1. The fraction of sp³-hybridized carbons (Fsp3) is 0.533. The van der Waals surface area contributed by atoms with Crippen molar-refractivity contribution in [2.45, 2.75) is 44.7 Å². The van der Waals surface area contributed by atoms with Crippen molar-refractivity contribution in [2.75, 3.05) is 6.54 Å². The fourth-order valence-corrected chi connectivity index (χ4v) is 2.88. The Morgan fingerprint density at radius 2 is 2.32 bits per heavy atom. The Morgan fingerprint density at radius 3 is 3.00 bits per heavy atom. The molecule has 1 amide bonds. The molecule has 0 aromatic heterocycles. The van der Waals surface area contributed by atoms with Crippen molar-refractivity contribution < 1.29 is 4.79 Å². The Balaban J connectivity index is 1.87. The molecule has 4 heteroatoms. The van der Waals surface area contributed by atoms with Crippen LogP contribution < -0.4 is 5.73 Å². The van der Waals surface area contributed by atoms with E-state index >= 15 is 0 Å².